The molecule has 3 rings (SSSR count). The molecular weight excluding hydrogens is 332 g/mol. The fraction of sp³-hybridized carbons (Fsp3) is 0.350. The van der Waals surface area contributed by atoms with E-state index in [1.807, 2.05) is 12.1 Å². The van der Waals surface area contributed by atoms with E-state index in [9.17, 15) is 9.59 Å². The highest BCUT2D eigenvalue weighted by Gasteiger charge is 2.17. The number of rotatable bonds is 6. The first-order valence-corrected chi connectivity index (χ1v) is 8.76. The van der Waals surface area contributed by atoms with Crippen molar-refractivity contribution in [1.29, 1.82) is 0 Å². The number of amides is 1. The maximum Gasteiger partial charge on any atom is 0.339 e. The Kier molecular flexibility index (Phi) is 5.96. The second kappa shape index (κ2) is 8.58. The van der Waals surface area contributed by atoms with Crippen LogP contribution in [-0.4, -0.2) is 43.2 Å². The van der Waals surface area contributed by atoms with Crippen LogP contribution in [0.25, 0.3) is 11.1 Å². The van der Waals surface area contributed by atoms with Crippen LogP contribution in [0, 0.1) is 5.92 Å². The van der Waals surface area contributed by atoms with Crippen molar-refractivity contribution >= 4 is 11.9 Å². The molecule has 1 aliphatic heterocycles. The number of carbonyl (C=O) groups is 2. The summed E-state index contributed by atoms with van der Waals surface area (Å²) in [4.78, 5) is 28.2. The number of carbonyl (C=O) groups excluding carboxylic acids is 2. The van der Waals surface area contributed by atoms with Crippen LogP contribution in [0.2, 0.25) is 0 Å². The van der Waals surface area contributed by atoms with Gasteiger partial charge in [-0.2, -0.15) is 0 Å². The molecule has 6 nitrogen and oxygen atoms in total. The molecule has 0 spiro atoms. The molecule has 1 atom stereocenters. The SMILES string of the molecule is CCOC(=O)c1cncc(-c2ccc(C(=O)NC[C@H]3CCOC3)cc2)c1. The van der Waals surface area contributed by atoms with Crippen LogP contribution >= 0.6 is 0 Å². The minimum absolute atomic E-state index is 0.0955. The molecule has 26 heavy (non-hydrogen) atoms. The summed E-state index contributed by atoms with van der Waals surface area (Å²) < 4.78 is 10.3. The minimum atomic E-state index is -0.395. The van der Waals surface area contributed by atoms with Gasteiger partial charge >= 0.3 is 5.97 Å². The summed E-state index contributed by atoms with van der Waals surface area (Å²) in [5.74, 6) is -0.0921. The standard InChI is InChI=1S/C20H22N2O4/c1-2-26-20(24)18-9-17(11-21-12-18)15-3-5-16(6-4-15)19(23)22-10-14-7-8-25-13-14/h3-6,9,11-12,14H,2,7-8,10,13H2,1H3,(H,22,23)/t14-/m1/s1. The maximum atomic E-state index is 12.2. The smallest absolute Gasteiger partial charge is 0.339 e. The van der Waals surface area contributed by atoms with Gasteiger partial charge in [-0.05, 0) is 37.1 Å². The summed E-state index contributed by atoms with van der Waals surface area (Å²) in [6.45, 7) is 4.20. The van der Waals surface area contributed by atoms with Crippen LogP contribution in [0.3, 0.4) is 0 Å². The third kappa shape index (κ3) is 4.46. The van der Waals surface area contributed by atoms with E-state index in [1.54, 1.807) is 31.3 Å². The van der Waals surface area contributed by atoms with Gasteiger partial charge in [0.05, 0.1) is 18.8 Å². The molecule has 1 amide bonds. The monoisotopic (exact) mass is 354 g/mol. The third-order valence-corrected chi connectivity index (χ3v) is 4.31. The first-order valence-electron chi connectivity index (χ1n) is 8.76. The normalized spacial score (nSPS) is 16.3. The van der Waals surface area contributed by atoms with Crippen molar-refractivity contribution in [3.8, 4) is 11.1 Å². The number of pyridine rings is 1. The lowest BCUT2D eigenvalue weighted by molar-refractivity contribution is 0.0525. The van der Waals surface area contributed by atoms with E-state index in [1.165, 1.54) is 6.20 Å². The second-order valence-electron chi connectivity index (χ2n) is 6.20. The summed E-state index contributed by atoms with van der Waals surface area (Å²) in [7, 11) is 0. The summed E-state index contributed by atoms with van der Waals surface area (Å²) in [5, 5.41) is 2.95. The van der Waals surface area contributed by atoms with Gasteiger partial charge in [0.25, 0.3) is 5.91 Å². The molecule has 1 aromatic heterocycles. The van der Waals surface area contributed by atoms with Gasteiger partial charge < -0.3 is 14.8 Å². The van der Waals surface area contributed by atoms with Crippen molar-refractivity contribution in [1.82, 2.24) is 10.3 Å². The first kappa shape index (κ1) is 18.1. The van der Waals surface area contributed by atoms with Crippen LogP contribution in [-0.2, 0) is 9.47 Å². The molecule has 0 bridgehead atoms. The fourth-order valence-corrected chi connectivity index (χ4v) is 2.82. The van der Waals surface area contributed by atoms with E-state index in [-0.39, 0.29) is 5.91 Å². The molecule has 1 aromatic carbocycles. The highest BCUT2D eigenvalue weighted by Crippen LogP contribution is 2.20. The van der Waals surface area contributed by atoms with Crippen molar-refractivity contribution in [2.24, 2.45) is 5.92 Å². The van der Waals surface area contributed by atoms with Gasteiger partial charge in [0.1, 0.15) is 0 Å². The topological polar surface area (TPSA) is 77.5 Å². The van der Waals surface area contributed by atoms with Gasteiger partial charge in [-0.15, -0.1) is 0 Å². The van der Waals surface area contributed by atoms with E-state index < -0.39 is 5.97 Å². The largest absolute Gasteiger partial charge is 0.462 e. The predicted octanol–water partition coefficient (Wildman–Crippen LogP) is 2.69. The molecule has 0 saturated carbocycles. The molecule has 1 N–H and O–H groups in total. The molecule has 0 aliphatic carbocycles. The molecule has 0 unspecified atom stereocenters. The summed E-state index contributed by atoms with van der Waals surface area (Å²) in [5.41, 5.74) is 2.68. The summed E-state index contributed by atoms with van der Waals surface area (Å²) in [6, 6.07) is 8.97. The molecule has 1 aliphatic rings. The van der Waals surface area contributed by atoms with E-state index in [4.69, 9.17) is 9.47 Å². The van der Waals surface area contributed by atoms with Gasteiger partial charge in [-0.1, -0.05) is 12.1 Å². The Morgan fingerprint density at radius 3 is 2.69 bits per heavy atom. The molecule has 2 heterocycles. The first-order chi connectivity index (χ1) is 12.7. The van der Waals surface area contributed by atoms with Crippen LogP contribution in [0.4, 0.5) is 0 Å². The zero-order valence-electron chi connectivity index (χ0n) is 14.7. The van der Waals surface area contributed by atoms with E-state index in [0.29, 0.717) is 36.8 Å². The summed E-state index contributed by atoms with van der Waals surface area (Å²) in [6.07, 6.45) is 4.15. The van der Waals surface area contributed by atoms with Crippen molar-refractivity contribution in [3.63, 3.8) is 0 Å². The number of benzene rings is 1. The zero-order valence-corrected chi connectivity index (χ0v) is 14.7. The zero-order chi connectivity index (χ0) is 18.4. The quantitative estimate of drug-likeness (QED) is 0.807. The molecule has 6 heteroatoms. The predicted molar refractivity (Wildman–Crippen MR) is 96.9 cm³/mol. The number of aromatic nitrogens is 1. The molecule has 0 radical (unpaired) electrons. The number of nitrogens with one attached hydrogen (secondary N) is 1. The van der Waals surface area contributed by atoms with Crippen LogP contribution in [0.5, 0.6) is 0 Å². The van der Waals surface area contributed by atoms with Gasteiger partial charge in [-0.3, -0.25) is 9.78 Å². The molecule has 136 valence electrons. The van der Waals surface area contributed by atoms with Gasteiger partial charge in [-0.25, -0.2) is 4.79 Å². The molecule has 2 aromatic rings. The average molecular weight is 354 g/mol. The maximum absolute atomic E-state index is 12.2. The molecule has 1 saturated heterocycles. The van der Waals surface area contributed by atoms with Crippen LogP contribution < -0.4 is 5.32 Å². The fourth-order valence-electron chi connectivity index (χ4n) is 2.82. The lowest BCUT2D eigenvalue weighted by Crippen LogP contribution is -2.29. The van der Waals surface area contributed by atoms with Crippen molar-refractivity contribution < 1.29 is 19.1 Å². The Morgan fingerprint density at radius 2 is 2.00 bits per heavy atom. The molecular formula is C20H22N2O4. The lowest BCUT2D eigenvalue weighted by Gasteiger charge is -2.10. The number of esters is 1. The lowest BCUT2D eigenvalue weighted by atomic mass is 10.0. The van der Waals surface area contributed by atoms with Gasteiger partial charge in [0.2, 0.25) is 0 Å². The number of hydrogen-bond donors (Lipinski definition) is 1. The van der Waals surface area contributed by atoms with E-state index >= 15 is 0 Å². The number of hydrogen-bond acceptors (Lipinski definition) is 5. The van der Waals surface area contributed by atoms with Crippen molar-refractivity contribution in [2.75, 3.05) is 26.4 Å². The Morgan fingerprint density at radius 1 is 1.19 bits per heavy atom. The Labute approximate surface area is 152 Å². The highest BCUT2D eigenvalue weighted by atomic mass is 16.5. The number of ether oxygens (including phenoxy) is 2. The Bertz CT molecular complexity index is 768. The highest BCUT2D eigenvalue weighted by molar-refractivity contribution is 5.95. The van der Waals surface area contributed by atoms with E-state index in [2.05, 4.69) is 10.3 Å². The Balaban J connectivity index is 1.66. The van der Waals surface area contributed by atoms with Crippen molar-refractivity contribution in [2.45, 2.75) is 13.3 Å². The molecule has 1 fully saturated rings. The minimum Gasteiger partial charge on any atom is -0.462 e. The van der Waals surface area contributed by atoms with Gasteiger partial charge in [0, 0.05) is 42.6 Å². The average Bonchev–Trinajstić information content (AvgIpc) is 3.20. The Hall–Kier alpha value is -2.73. The van der Waals surface area contributed by atoms with Crippen molar-refractivity contribution in [3.05, 3.63) is 53.9 Å². The number of nitrogens with zero attached hydrogens (tertiary/aromatic N) is 1. The van der Waals surface area contributed by atoms with Gasteiger partial charge in [0.15, 0.2) is 0 Å². The van der Waals surface area contributed by atoms with Crippen LogP contribution in [0.15, 0.2) is 42.7 Å². The second-order valence-corrected chi connectivity index (χ2v) is 6.20. The van der Waals surface area contributed by atoms with E-state index in [0.717, 1.165) is 24.2 Å². The van der Waals surface area contributed by atoms with Crippen LogP contribution in [0.1, 0.15) is 34.1 Å². The summed E-state index contributed by atoms with van der Waals surface area (Å²) >= 11 is 0. The third-order valence-electron chi connectivity index (χ3n) is 4.31.